The van der Waals surface area contributed by atoms with E-state index < -0.39 is 5.97 Å². The van der Waals surface area contributed by atoms with E-state index in [-0.39, 0.29) is 5.56 Å². The predicted molar refractivity (Wildman–Crippen MR) is 72.0 cm³/mol. The number of fused-ring (bicyclic) bond motifs is 1. The first-order valence-corrected chi connectivity index (χ1v) is 5.72. The number of anilines is 1. The third-order valence-corrected chi connectivity index (χ3v) is 2.92. The van der Waals surface area contributed by atoms with Gasteiger partial charge in [-0.15, -0.1) is 0 Å². The summed E-state index contributed by atoms with van der Waals surface area (Å²) in [5, 5.41) is 8.99. The van der Waals surface area contributed by atoms with Crippen molar-refractivity contribution >= 4 is 17.3 Å². The van der Waals surface area contributed by atoms with Crippen molar-refractivity contribution in [1.29, 1.82) is 0 Å². The van der Waals surface area contributed by atoms with Gasteiger partial charge in [-0.3, -0.25) is 0 Å². The Hall–Kier alpha value is -2.82. The third-order valence-electron chi connectivity index (χ3n) is 2.92. The minimum atomic E-state index is -0.954. The highest BCUT2D eigenvalue weighted by atomic mass is 16.4. The van der Waals surface area contributed by atoms with Crippen molar-refractivity contribution in [3.05, 3.63) is 54.4 Å². The summed E-state index contributed by atoms with van der Waals surface area (Å²) in [7, 11) is 0. The number of carbonyl (C=O) groups is 1. The molecule has 0 aliphatic carbocycles. The van der Waals surface area contributed by atoms with E-state index in [9.17, 15) is 4.79 Å². The van der Waals surface area contributed by atoms with Gasteiger partial charge in [0.25, 0.3) is 0 Å². The number of rotatable bonds is 2. The number of nitrogens with two attached hydrogens (primary N) is 1. The zero-order valence-electron chi connectivity index (χ0n) is 9.95. The molecular formula is C14H11N3O2. The molecule has 5 nitrogen and oxygen atoms in total. The molecule has 3 aromatic rings. The summed E-state index contributed by atoms with van der Waals surface area (Å²) in [6.45, 7) is 0. The quantitative estimate of drug-likeness (QED) is 0.734. The molecule has 0 amide bonds. The molecule has 0 atom stereocenters. The lowest BCUT2D eigenvalue weighted by molar-refractivity contribution is 0.0697. The van der Waals surface area contributed by atoms with Gasteiger partial charge < -0.3 is 15.2 Å². The second-order valence-corrected chi connectivity index (χ2v) is 4.21. The summed E-state index contributed by atoms with van der Waals surface area (Å²) < 4.78 is 1.82. The van der Waals surface area contributed by atoms with Crippen LogP contribution in [0.15, 0.2) is 48.8 Å². The molecule has 0 aliphatic rings. The van der Waals surface area contributed by atoms with Crippen LogP contribution in [0, 0.1) is 0 Å². The number of hydrogen-bond donors (Lipinski definition) is 2. The summed E-state index contributed by atoms with van der Waals surface area (Å²) in [6, 6.07) is 10.3. The van der Waals surface area contributed by atoms with Crippen molar-refractivity contribution in [3.8, 4) is 11.3 Å². The molecule has 0 bridgehead atoms. The molecular weight excluding hydrogens is 242 g/mol. The third kappa shape index (κ3) is 1.91. The summed E-state index contributed by atoms with van der Waals surface area (Å²) in [4.78, 5) is 15.4. The maximum absolute atomic E-state index is 11.0. The van der Waals surface area contributed by atoms with Gasteiger partial charge in [0.1, 0.15) is 0 Å². The van der Waals surface area contributed by atoms with E-state index in [1.807, 2.05) is 28.9 Å². The standard InChI is InChI=1S/C14H11N3O2/c15-11-5-2-6-17-8-12(16-13(11)17)9-3-1-4-10(7-9)14(18)19/h1-8H,15H2,(H,18,19). The Morgan fingerprint density at radius 2 is 2.11 bits per heavy atom. The molecule has 0 unspecified atom stereocenters. The number of aromatic carboxylic acids is 1. The molecule has 0 saturated carbocycles. The van der Waals surface area contributed by atoms with Crippen molar-refractivity contribution in [2.24, 2.45) is 0 Å². The second kappa shape index (κ2) is 4.13. The highest BCUT2D eigenvalue weighted by Crippen LogP contribution is 2.22. The van der Waals surface area contributed by atoms with E-state index in [0.717, 1.165) is 5.56 Å². The van der Waals surface area contributed by atoms with Crippen molar-refractivity contribution in [1.82, 2.24) is 9.38 Å². The van der Waals surface area contributed by atoms with Gasteiger partial charge in [-0.1, -0.05) is 12.1 Å². The van der Waals surface area contributed by atoms with E-state index in [1.165, 1.54) is 0 Å². The Kier molecular flexibility index (Phi) is 2.45. The van der Waals surface area contributed by atoms with Crippen LogP contribution >= 0.6 is 0 Å². The van der Waals surface area contributed by atoms with Gasteiger partial charge in [-0.25, -0.2) is 9.78 Å². The fraction of sp³-hybridized carbons (Fsp3) is 0. The molecule has 3 N–H and O–H groups in total. The van der Waals surface area contributed by atoms with E-state index in [1.54, 1.807) is 24.3 Å². The van der Waals surface area contributed by atoms with Crippen molar-refractivity contribution in [3.63, 3.8) is 0 Å². The zero-order valence-corrected chi connectivity index (χ0v) is 9.95. The number of hydrogen-bond acceptors (Lipinski definition) is 3. The molecule has 5 heteroatoms. The molecule has 1 aromatic carbocycles. The first kappa shape index (κ1) is 11.3. The van der Waals surface area contributed by atoms with Crippen LogP contribution in [0.5, 0.6) is 0 Å². The van der Waals surface area contributed by atoms with Crippen LogP contribution in [0.4, 0.5) is 5.69 Å². The van der Waals surface area contributed by atoms with Crippen LogP contribution in [0.3, 0.4) is 0 Å². The van der Waals surface area contributed by atoms with Crippen LogP contribution in [0.1, 0.15) is 10.4 Å². The van der Waals surface area contributed by atoms with Gasteiger partial charge in [-0.05, 0) is 24.3 Å². The SMILES string of the molecule is Nc1cccn2cc(-c3cccc(C(=O)O)c3)nc12. The minimum absolute atomic E-state index is 0.238. The molecule has 19 heavy (non-hydrogen) atoms. The number of carboxylic acids is 1. The van der Waals surface area contributed by atoms with Gasteiger partial charge in [0.05, 0.1) is 16.9 Å². The second-order valence-electron chi connectivity index (χ2n) is 4.21. The molecule has 94 valence electrons. The molecule has 0 radical (unpaired) electrons. The topological polar surface area (TPSA) is 80.6 Å². The Labute approximate surface area is 108 Å². The van der Waals surface area contributed by atoms with Gasteiger partial charge >= 0.3 is 5.97 Å². The Morgan fingerprint density at radius 3 is 2.84 bits per heavy atom. The lowest BCUT2D eigenvalue weighted by atomic mass is 10.1. The molecule has 0 fully saturated rings. The maximum Gasteiger partial charge on any atom is 0.335 e. The monoisotopic (exact) mass is 253 g/mol. The highest BCUT2D eigenvalue weighted by molar-refractivity contribution is 5.89. The largest absolute Gasteiger partial charge is 0.478 e. The number of nitrogen functional groups attached to an aromatic ring is 1. The smallest absolute Gasteiger partial charge is 0.335 e. The van der Waals surface area contributed by atoms with Crippen molar-refractivity contribution < 1.29 is 9.90 Å². The zero-order chi connectivity index (χ0) is 13.4. The van der Waals surface area contributed by atoms with Crippen molar-refractivity contribution in [2.45, 2.75) is 0 Å². The average Bonchev–Trinajstić information content (AvgIpc) is 2.84. The number of benzene rings is 1. The number of carboxylic acid groups (broad SMARTS) is 1. The number of pyridine rings is 1. The van der Waals surface area contributed by atoms with Gasteiger partial charge in [0.15, 0.2) is 5.65 Å². The van der Waals surface area contributed by atoms with E-state index in [0.29, 0.717) is 17.0 Å². The Bertz CT molecular complexity index is 777. The summed E-state index contributed by atoms with van der Waals surface area (Å²) in [6.07, 6.45) is 3.68. The van der Waals surface area contributed by atoms with Crippen LogP contribution < -0.4 is 5.73 Å². The highest BCUT2D eigenvalue weighted by Gasteiger charge is 2.09. The van der Waals surface area contributed by atoms with Crippen LogP contribution in [-0.4, -0.2) is 20.5 Å². The van der Waals surface area contributed by atoms with Crippen LogP contribution in [0.25, 0.3) is 16.9 Å². The average molecular weight is 253 g/mol. The number of aromatic nitrogens is 2. The van der Waals surface area contributed by atoms with Crippen LogP contribution in [-0.2, 0) is 0 Å². The molecule has 3 rings (SSSR count). The normalized spacial score (nSPS) is 10.7. The molecule has 0 aliphatic heterocycles. The number of nitrogens with zero attached hydrogens (tertiary/aromatic N) is 2. The van der Waals surface area contributed by atoms with Gasteiger partial charge in [-0.2, -0.15) is 0 Å². The molecule has 0 spiro atoms. The Morgan fingerprint density at radius 1 is 1.26 bits per heavy atom. The summed E-state index contributed by atoms with van der Waals surface area (Å²) in [5.74, 6) is -0.954. The molecule has 2 heterocycles. The Balaban J connectivity index is 2.16. The lowest BCUT2D eigenvalue weighted by Gasteiger charge is -1.98. The van der Waals surface area contributed by atoms with Crippen LogP contribution in [0.2, 0.25) is 0 Å². The van der Waals surface area contributed by atoms with E-state index in [2.05, 4.69) is 4.98 Å². The predicted octanol–water partition coefficient (Wildman–Crippen LogP) is 2.28. The summed E-state index contributed by atoms with van der Waals surface area (Å²) in [5.41, 5.74) is 8.79. The fourth-order valence-corrected chi connectivity index (χ4v) is 1.99. The van der Waals surface area contributed by atoms with Gasteiger partial charge in [0, 0.05) is 18.0 Å². The van der Waals surface area contributed by atoms with Gasteiger partial charge in [0.2, 0.25) is 0 Å². The maximum atomic E-state index is 11.0. The fourth-order valence-electron chi connectivity index (χ4n) is 1.99. The first-order valence-electron chi connectivity index (χ1n) is 5.72. The van der Waals surface area contributed by atoms with E-state index >= 15 is 0 Å². The number of imidazole rings is 1. The molecule has 2 aromatic heterocycles. The first-order chi connectivity index (χ1) is 9.15. The van der Waals surface area contributed by atoms with E-state index in [4.69, 9.17) is 10.8 Å². The lowest BCUT2D eigenvalue weighted by Crippen LogP contribution is -1.95. The minimum Gasteiger partial charge on any atom is -0.478 e. The molecule has 0 saturated heterocycles. The summed E-state index contributed by atoms with van der Waals surface area (Å²) >= 11 is 0. The van der Waals surface area contributed by atoms with Crippen molar-refractivity contribution in [2.75, 3.05) is 5.73 Å².